The van der Waals surface area contributed by atoms with Crippen LogP contribution in [0.15, 0.2) is 29.8 Å². The van der Waals surface area contributed by atoms with E-state index in [1.807, 2.05) is 39.8 Å². The number of halogens is 1. The molecule has 1 heterocycles. The minimum Gasteiger partial charge on any atom is -0.218 e. The number of rotatable bonds is 4. The first kappa shape index (κ1) is 18.8. The first-order chi connectivity index (χ1) is 10.4. The molecule has 23 heavy (non-hydrogen) atoms. The summed E-state index contributed by atoms with van der Waals surface area (Å²) in [6.45, 7) is 7.40. The van der Waals surface area contributed by atoms with Crippen LogP contribution in [0.5, 0.6) is 0 Å². The Labute approximate surface area is 146 Å². The Kier molecular flexibility index (Phi) is 4.97. The van der Waals surface area contributed by atoms with Crippen LogP contribution in [0.25, 0.3) is 5.57 Å². The molecule has 4 nitrogen and oxygen atoms in total. The van der Waals surface area contributed by atoms with E-state index >= 15 is 0 Å². The average molecular weight is 375 g/mol. The SMILES string of the molecule is CC1(C)C(CSS(C)(=O)=O)=C(c2ccc(Cl)cc2)C(C)(C)N1[O]. The van der Waals surface area contributed by atoms with Gasteiger partial charge < -0.3 is 0 Å². The molecule has 0 spiro atoms. The van der Waals surface area contributed by atoms with Gasteiger partial charge in [0.1, 0.15) is 0 Å². The van der Waals surface area contributed by atoms with Gasteiger partial charge in [-0.25, -0.2) is 8.42 Å². The van der Waals surface area contributed by atoms with E-state index in [2.05, 4.69) is 0 Å². The molecule has 0 saturated heterocycles. The molecule has 7 heteroatoms. The highest BCUT2D eigenvalue weighted by Gasteiger charge is 2.51. The Morgan fingerprint density at radius 2 is 1.61 bits per heavy atom. The number of hydroxylamine groups is 2. The molecule has 0 aromatic heterocycles. The van der Waals surface area contributed by atoms with E-state index in [-0.39, 0.29) is 5.75 Å². The zero-order valence-electron chi connectivity index (χ0n) is 13.9. The standard InChI is InChI=1S/C16H21ClNO3S2/c1-15(2)13(10-22-23(5,20)21)14(16(3,4)18(15)19)11-6-8-12(17)9-7-11/h6-9H,10H2,1-5H3. The molecule has 0 bridgehead atoms. The molecule has 1 aliphatic heterocycles. The van der Waals surface area contributed by atoms with Gasteiger partial charge in [-0.1, -0.05) is 23.7 Å². The Hall–Kier alpha value is -0.530. The van der Waals surface area contributed by atoms with Gasteiger partial charge in [0, 0.05) is 17.0 Å². The van der Waals surface area contributed by atoms with Crippen molar-refractivity contribution in [2.75, 3.05) is 12.0 Å². The number of benzene rings is 1. The van der Waals surface area contributed by atoms with Gasteiger partial charge in [0.25, 0.3) is 0 Å². The largest absolute Gasteiger partial charge is 0.218 e. The fourth-order valence-electron chi connectivity index (χ4n) is 3.16. The Morgan fingerprint density at radius 1 is 1.09 bits per heavy atom. The van der Waals surface area contributed by atoms with Crippen molar-refractivity contribution in [1.29, 1.82) is 0 Å². The van der Waals surface area contributed by atoms with Gasteiger partial charge in [-0.3, -0.25) is 0 Å². The summed E-state index contributed by atoms with van der Waals surface area (Å²) >= 11 is 5.96. The molecule has 1 aromatic rings. The Balaban J connectivity index is 2.61. The van der Waals surface area contributed by atoms with Crippen molar-refractivity contribution in [1.82, 2.24) is 5.06 Å². The third-order valence-corrected chi connectivity index (χ3v) is 6.94. The van der Waals surface area contributed by atoms with Crippen LogP contribution < -0.4 is 0 Å². The van der Waals surface area contributed by atoms with Gasteiger partial charge in [-0.05, 0) is 67.3 Å². The molecule has 0 saturated carbocycles. The van der Waals surface area contributed by atoms with E-state index in [1.54, 1.807) is 12.1 Å². The van der Waals surface area contributed by atoms with Gasteiger partial charge in [-0.2, -0.15) is 0 Å². The molecule has 2 rings (SSSR count). The topological polar surface area (TPSA) is 57.3 Å². The van der Waals surface area contributed by atoms with Crippen molar-refractivity contribution in [2.24, 2.45) is 0 Å². The van der Waals surface area contributed by atoms with Crippen LogP contribution in [0.1, 0.15) is 33.3 Å². The van der Waals surface area contributed by atoms with E-state index in [4.69, 9.17) is 11.6 Å². The van der Waals surface area contributed by atoms with Crippen molar-refractivity contribution in [3.63, 3.8) is 0 Å². The second kappa shape index (κ2) is 6.08. The van der Waals surface area contributed by atoms with E-state index < -0.39 is 19.9 Å². The first-order valence-electron chi connectivity index (χ1n) is 7.19. The normalized spacial score (nSPS) is 21.0. The lowest BCUT2D eigenvalue weighted by Crippen LogP contribution is -2.47. The van der Waals surface area contributed by atoms with Gasteiger partial charge >= 0.3 is 0 Å². The summed E-state index contributed by atoms with van der Waals surface area (Å²) in [5.41, 5.74) is 1.11. The maximum atomic E-state index is 12.8. The smallest absolute Gasteiger partial charge is 0.199 e. The third kappa shape index (κ3) is 3.61. The van der Waals surface area contributed by atoms with Crippen molar-refractivity contribution < 1.29 is 13.6 Å². The zero-order valence-corrected chi connectivity index (χ0v) is 16.3. The molecule has 1 radical (unpaired) electrons. The molecule has 0 N–H and O–H groups in total. The van der Waals surface area contributed by atoms with Crippen molar-refractivity contribution in [3.05, 3.63) is 40.4 Å². The second-order valence-corrected chi connectivity index (χ2v) is 11.6. The average Bonchev–Trinajstić information content (AvgIpc) is 2.54. The van der Waals surface area contributed by atoms with E-state index in [0.29, 0.717) is 5.02 Å². The van der Waals surface area contributed by atoms with Crippen LogP contribution in [-0.2, 0) is 14.1 Å². The quantitative estimate of drug-likeness (QED) is 0.747. The Morgan fingerprint density at radius 3 is 2.09 bits per heavy atom. The number of hydrogen-bond acceptors (Lipinski definition) is 4. The van der Waals surface area contributed by atoms with Gasteiger partial charge in [0.2, 0.25) is 0 Å². The molecule has 0 atom stereocenters. The fraction of sp³-hybridized carbons (Fsp3) is 0.500. The molecule has 0 fully saturated rings. The lowest BCUT2D eigenvalue weighted by atomic mass is 9.86. The molecule has 1 aromatic carbocycles. The van der Waals surface area contributed by atoms with Crippen molar-refractivity contribution in [2.45, 2.75) is 38.8 Å². The van der Waals surface area contributed by atoms with Crippen LogP contribution in [0.4, 0.5) is 0 Å². The lowest BCUT2D eigenvalue weighted by Gasteiger charge is -2.34. The molecule has 0 unspecified atom stereocenters. The minimum absolute atomic E-state index is 0.270. The van der Waals surface area contributed by atoms with E-state index in [9.17, 15) is 13.6 Å². The van der Waals surface area contributed by atoms with Crippen molar-refractivity contribution in [3.8, 4) is 0 Å². The molecule has 0 amide bonds. The summed E-state index contributed by atoms with van der Waals surface area (Å²) in [4.78, 5) is 0. The molecular weight excluding hydrogens is 354 g/mol. The highest BCUT2D eigenvalue weighted by atomic mass is 35.5. The Bertz CT molecular complexity index is 737. The summed E-state index contributed by atoms with van der Waals surface area (Å²) in [6.07, 6.45) is 1.18. The lowest BCUT2D eigenvalue weighted by molar-refractivity contribution is -0.236. The maximum absolute atomic E-state index is 12.8. The van der Waals surface area contributed by atoms with Crippen LogP contribution in [-0.4, -0.2) is 36.6 Å². The summed E-state index contributed by atoms with van der Waals surface area (Å²) in [5.74, 6) is 0.270. The first-order valence-corrected chi connectivity index (χ1v) is 11.0. The monoisotopic (exact) mass is 374 g/mol. The zero-order chi connectivity index (χ0) is 17.6. The minimum atomic E-state index is -3.19. The number of hydrogen-bond donors (Lipinski definition) is 0. The number of nitrogens with zero attached hydrogens (tertiary/aromatic N) is 1. The maximum Gasteiger partial charge on any atom is 0.199 e. The van der Waals surface area contributed by atoms with Gasteiger partial charge in [-0.15, -0.1) is 10.3 Å². The summed E-state index contributed by atoms with van der Waals surface area (Å²) < 4.78 is 23.1. The van der Waals surface area contributed by atoms with E-state index in [0.717, 1.165) is 32.6 Å². The summed E-state index contributed by atoms with van der Waals surface area (Å²) in [5, 5.41) is 14.5. The molecule has 127 valence electrons. The van der Waals surface area contributed by atoms with Crippen LogP contribution in [0, 0.1) is 0 Å². The molecular formula is C16H21ClNO3S2. The van der Waals surface area contributed by atoms with E-state index in [1.165, 1.54) is 6.26 Å². The van der Waals surface area contributed by atoms with Crippen molar-refractivity contribution >= 4 is 36.8 Å². The van der Waals surface area contributed by atoms with Gasteiger partial charge in [0.15, 0.2) is 8.87 Å². The highest BCUT2D eigenvalue weighted by molar-refractivity contribution is 8.71. The van der Waals surface area contributed by atoms with Gasteiger partial charge in [0.05, 0.1) is 11.1 Å². The fourth-order valence-corrected chi connectivity index (χ4v) is 5.11. The van der Waals surface area contributed by atoms with Crippen LogP contribution in [0.3, 0.4) is 0 Å². The predicted molar refractivity (Wildman–Crippen MR) is 96.4 cm³/mol. The second-order valence-electron chi connectivity index (χ2n) is 6.74. The molecule has 1 aliphatic rings. The van der Waals surface area contributed by atoms with Crippen LogP contribution in [0.2, 0.25) is 5.02 Å². The third-order valence-electron chi connectivity index (χ3n) is 4.22. The van der Waals surface area contributed by atoms with Crippen LogP contribution >= 0.6 is 22.4 Å². The molecule has 0 aliphatic carbocycles. The summed E-state index contributed by atoms with van der Waals surface area (Å²) in [7, 11) is -2.33. The predicted octanol–water partition coefficient (Wildman–Crippen LogP) is 4.00. The summed E-state index contributed by atoms with van der Waals surface area (Å²) in [6, 6.07) is 7.31. The highest BCUT2D eigenvalue weighted by Crippen LogP contribution is 2.49.